The number of piperazine rings is 1. The Morgan fingerprint density at radius 2 is 2.15 bits per heavy atom. The fraction of sp³-hybridized carbons (Fsp3) is 0.667. The molecule has 2 heterocycles. The highest BCUT2D eigenvalue weighted by molar-refractivity contribution is 4.81. The standard InChI is InChI=1S/C9H15N3O/c1-11-3-5-12(6-4-11)8-9-10-2-7-13-9/h2,7H,3-6,8H2,1H3. The number of nitrogens with zero attached hydrogens (tertiary/aromatic N) is 3. The van der Waals surface area contributed by atoms with Crippen molar-refractivity contribution in [3.05, 3.63) is 18.4 Å². The second-order valence-electron chi connectivity index (χ2n) is 3.51. The van der Waals surface area contributed by atoms with Crippen LogP contribution in [0, 0.1) is 0 Å². The topological polar surface area (TPSA) is 32.5 Å². The molecule has 0 N–H and O–H groups in total. The van der Waals surface area contributed by atoms with Crippen LogP contribution in [0.25, 0.3) is 0 Å². The largest absolute Gasteiger partial charge is 0.448 e. The Bertz CT molecular complexity index is 239. The van der Waals surface area contributed by atoms with Crippen LogP contribution >= 0.6 is 0 Å². The van der Waals surface area contributed by atoms with E-state index in [1.165, 1.54) is 0 Å². The van der Waals surface area contributed by atoms with Crippen LogP contribution in [-0.4, -0.2) is 48.0 Å². The molecule has 0 amide bonds. The van der Waals surface area contributed by atoms with Crippen LogP contribution < -0.4 is 0 Å². The minimum absolute atomic E-state index is 0.824. The van der Waals surface area contributed by atoms with Gasteiger partial charge in [-0.15, -0.1) is 0 Å². The first kappa shape index (κ1) is 8.72. The lowest BCUT2D eigenvalue weighted by atomic mass is 10.3. The zero-order chi connectivity index (χ0) is 9.10. The predicted octanol–water partition coefficient (Wildman–Crippen LogP) is 0.422. The van der Waals surface area contributed by atoms with E-state index in [0.29, 0.717) is 0 Å². The van der Waals surface area contributed by atoms with Crippen LogP contribution in [0.2, 0.25) is 0 Å². The van der Waals surface area contributed by atoms with E-state index < -0.39 is 0 Å². The number of likely N-dealkylation sites (N-methyl/N-ethyl adjacent to an activating group) is 1. The maximum atomic E-state index is 5.20. The summed E-state index contributed by atoms with van der Waals surface area (Å²) in [5.41, 5.74) is 0. The fourth-order valence-electron chi connectivity index (χ4n) is 1.53. The van der Waals surface area contributed by atoms with Gasteiger partial charge in [0.15, 0.2) is 0 Å². The molecule has 1 saturated heterocycles. The van der Waals surface area contributed by atoms with Gasteiger partial charge >= 0.3 is 0 Å². The smallest absolute Gasteiger partial charge is 0.208 e. The molecule has 1 aromatic heterocycles. The normalized spacial score (nSPS) is 20.7. The van der Waals surface area contributed by atoms with Crippen molar-refractivity contribution in [2.24, 2.45) is 0 Å². The second-order valence-corrected chi connectivity index (χ2v) is 3.51. The van der Waals surface area contributed by atoms with Crippen LogP contribution in [0.3, 0.4) is 0 Å². The highest BCUT2D eigenvalue weighted by Gasteiger charge is 2.14. The molecule has 0 bridgehead atoms. The Balaban J connectivity index is 1.83. The number of aromatic nitrogens is 1. The number of hydrogen-bond acceptors (Lipinski definition) is 4. The molecule has 0 saturated carbocycles. The van der Waals surface area contributed by atoms with E-state index >= 15 is 0 Å². The molecule has 0 atom stereocenters. The average Bonchev–Trinajstić information content (AvgIpc) is 2.62. The molecular weight excluding hydrogens is 166 g/mol. The van der Waals surface area contributed by atoms with Crippen molar-refractivity contribution < 1.29 is 4.42 Å². The number of rotatable bonds is 2. The van der Waals surface area contributed by atoms with E-state index in [9.17, 15) is 0 Å². The highest BCUT2D eigenvalue weighted by atomic mass is 16.3. The monoisotopic (exact) mass is 181 g/mol. The molecule has 2 rings (SSSR count). The summed E-state index contributed by atoms with van der Waals surface area (Å²) in [4.78, 5) is 8.81. The van der Waals surface area contributed by atoms with Crippen molar-refractivity contribution in [2.75, 3.05) is 33.2 Å². The lowest BCUT2D eigenvalue weighted by Crippen LogP contribution is -2.43. The lowest BCUT2D eigenvalue weighted by Gasteiger charge is -2.31. The third-order valence-corrected chi connectivity index (χ3v) is 2.44. The lowest BCUT2D eigenvalue weighted by molar-refractivity contribution is 0.138. The van der Waals surface area contributed by atoms with Gasteiger partial charge in [0, 0.05) is 26.2 Å². The maximum Gasteiger partial charge on any atom is 0.208 e. The quantitative estimate of drug-likeness (QED) is 0.662. The molecule has 72 valence electrons. The predicted molar refractivity (Wildman–Crippen MR) is 49.3 cm³/mol. The fourth-order valence-corrected chi connectivity index (χ4v) is 1.53. The molecule has 0 aliphatic carbocycles. The summed E-state index contributed by atoms with van der Waals surface area (Å²) >= 11 is 0. The zero-order valence-electron chi connectivity index (χ0n) is 7.94. The first-order valence-electron chi connectivity index (χ1n) is 4.64. The molecule has 1 aromatic rings. The number of hydrogen-bond donors (Lipinski definition) is 0. The molecular formula is C9H15N3O. The molecule has 13 heavy (non-hydrogen) atoms. The van der Waals surface area contributed by atoms with E-state index in [-0.39, 0.29) is 0 Å². The van der Waals surface area contributed by atoms with Gasteiger partial charge in [-0.25, -0.2) is 4.98 Å². The Kier molecular flexibility index (Phi) is 2.61. The minimum Gasteiger partial charge on any atom is -0.448 e. The van der Waals surface area contributed by atoms with Crippen molar-refractivity contribution in [1.29, 1.82) is 0 Å². The van der Waals surface area contributed by atoms with Gasteiger partial charge in [0.1, 0.15) is 6.26 Å². The molecule has 0 unspecified atom stereocenters. The van der Waals surface area contributed by atoms with E-state index in [2.05, 4.69) is 21.8 Å². The van der Waals surface area contributed by atoms with Gasteiger partial charge in [-0.3, -0.25) is 4.90 Å². The zero-order valence-corrected chi connectivity index (χ0v) is 7.94. The average molecular weight is 181 g/mol. The van der Waals surface area contributed by atoms with Gasteiger partial charge in [0.2, 0.25) is 5.89 Å². The Morgan fingerprint density at radius 3 is 2.77 bits per heavy atom. The SMILES string of the molecule is CN1CCN(Cc2ncco2)CC1. The Hall–Kier alpha value is -0.870. The van der Waals surface area contributed by atoms with Crippen LogP contribution in [-0.2, 0) is 6.54 Å². The van der Waals surface area contributed by atoms with Gasteiger partial charge in [-0.05, 0) is 7.05 Å². The molecule has 1 aliphatic rings. The van der Waals surface area contributed by atoms with Crippen LogP contribution in [0.1, 0.15) is 5.89 Å². The van der Waals surface area contributed by atoms with E-state index in [0.717, 1.165) is 38.6 Å². The Morgan fingerprint density at radius 1 is 1.38 bits per heavy atom. The van der Waals surface area contributed by atoms with Crippen LogP contribution in [0.4, 0.5) is 0 Å². The second kappa shape index (κ2) is 3.89. The van der Waals surface area contributed by atoms with Crippen molar-refractivity contribution in [3.8, 4) is 0 Å². The summed E-state index contributed by atoms with van der Waals surface area (Å²) in [7, 11) is 2.16. The van der Waals surface area contributed by atoms with Gasteiger partial charge in [0.05, 0.1) is 12.7 Å². The number of oxazole rings is 1. The van der Waals surface area contributed by atoms with Gasteiger partial charge in [0.25, 0.3) is 0 Å². The first-order valence-corrected chi connectivity index (χ1v) is 4.64. The summed E-state index contributed by atoms with van der Waals surface area (Å²) in [6.07, 6.45) is 3.33. The van der Waals surface area contributed by atoms with Gasteiger partial charge < -0.3 is 9.32 Å². The van der Waals surface area contributed by atoms with Crippen molar-refractivity contribution >= 4 is 0 Å². The van der Waals surface area contributed by atoms with Crippen LogP contribution in [0.5, 0.6) is 0 Å². The van der Waals surface area contributed by atoms with Crippen LogP contribution in [0.15, 0.2) is 16.9 Å². The van der Waals surface area contributed by atoms with E-state index in [4.69, 9.17) is 4.42 Å². The van der Waals surface area contributed by atoms with Crippen molar-refractivity contribution in [1.82, 2.24) is 14.8 Å². The Labute approximate surface area is 78.1 Å². The van der Waals surface area contributed by atoms with Gasteiger partial charge in [-0.1, -0.05) is 0 Å². The molecule has 0 spiro atoms. The van der Waals surface area contributed by atoms with Crippen molar-refractivity contribution in [2.45, 2.75) is 6.54 Å². The maximum absolute atomic E-state index is 5.20. The minimum atomic E-state index is 0.824. The van der Waals surface area contributed by atoms with E-state index in [1.807, 2.05) is 0 Å². The molecule has 4 nitrogen and oxygen atoms in total. The van der Waals surface area contributed by atoms with Crippen molar-refractivity contribution in [3.63, 3.8) is 0 Å². The first-order chi connectivity index (χ1) is 6.34. The van der Waals surface area contributed by atoms with Gasteiger partial charge in [-0.2, -0.15) is 0 Å². The molecule has 0 radical (unpaired) electrons. The molecule has 1 fully saturated rings. The summed E-state index contributed by atoms with van der Waals surface area (Å²) in [5, 5.41) is 0. The third-order valence-electron chi connectivity index (χ3n) is 2.44. The summed E-state index contributed by atoms with van der Waals surface area (Å²) in [6.45, 7) is 5.35. The highest BCUT2D eigenvalue weighted by Crippen LogP contribution is 2.05. The van der Waals surface area contributed by atoms with E-state index in [1.54, 1.807) is 12.5 Å². The molecule has 4 heteroatoms. The summed E-state index contributed by atoms with van der Waals surface area (Å²) < 4.78 is 5.20. The molecule has 1 aliphatic heterocycles. The summed E-state index contributed by atoms with van der Waals surface area (Å²) in [5.74, 6) is 0.824. The third kappa shape index (κ3) is 2.29. The molecule has 0 aromatic carbocycles. The summed E-state index contributed by atoms with van der Waals surface area (Å²) in [6, 6.07) is 0.